The van der Waals surface area contributed by atoms with Gasteiger partial charge in [0.2, 0.25) is 5.95 Å². The summed E-state index contributed by atoms with van der Waals surface area (Å²) < 4.78 is 30.2. The predicted molar refractivity (Wildman–Crippen MR) is 146 cm³/mol. The lowest BCUT2D eigenvalue weighted by atomic mass is 10.1. The van der Waals surface area contributed by atoms with Crippen LogP contribution >= 0.6 is 7.60 Å². The van der Waals surface area contributed by atoms with Crippen LogP contribution in [0.5, 0.6) is 0 Å². The van der Waals surface area contributed by atoms with Crippen LogP contribution in [-0.4, -0.2) is 70.8 Å². The molecular weight excluding hydrogens is 539 g/mol. The first-order chi connectivity index (χ1) is 19.3. The van der Waals surface area contributed by atoms with E-state index in [1.165, 1.54) is 13.4 Å². The largest absolute Gasteiger partial charge is 0.779 e. The van der Waals surface area contributed by atoms with Gasteiger partial charge in [-0.3, -0.25) is 9.36 Å². The van der Waals surface area contributed by atoms with Crippen LogP contribution in [0.1, 0.15) is 55.1 Å². The van der Waals surface area contributed by atoms with E-state index < -0.39 is 26.0 Å². The molecule has 4 rings (SSSR count). The third-order valence-corrected chi connectivity index (χ3v) is 7.14. The second-order valence-electron chi connectivity index (χ2n) is 9.52. The molecular formula is C26H34N6O7P-. The van der Waals surface area contributed by atoms with Crippen LogP contribution in [0.25, 0.3) is 11.2 Å². The lowest BCUT2D eigenvalue weighted by Crippen LogP contribution is -2.28. The van der Waals surface area contributed by atoms with Crippen molar-refractivity contribution in [1.82, 2.24) is 19.5 Å². The summed E-state index contributed by atoms with van der Waals surface area (Å²) in [4.78, 5) is 48.4. The Kier molecular flexibility index (Phi) is 10.3. The molecule has 0 radical (unpaired) electrons. The molecule has 0 bridgehead atoms. The molecule has 1 amide bonds. The molecule has 2 aromatic heterocycles. The van der Waals surface area contributed by atoms with E-state index in [1.807, 2.05) is 6.07 Å². The number of benzene rings is 1. The number of nitrogens with zero attached hydrogens (tertiary/aromatic N) is 4. The highest BCUT2D eigenvalue weighted by Gasteiger charge is 2.39. The fourth-order valence-corrected chi connectivity index (χ4v) is 4.96. The fourth-order valence-electron chi connectivity index (χ4n) is 4.54. The lowest BCUT2D eigenvalue weighted by Gasteiger charge is -2.23. The Morgan fingerprint density at radius 3 is 2.73 bits per heavy atom. The minimum absolute atomic E-state index is 0.185. The molecule has 1 saturated heterocycles. The smallest absolute Gasteiger partial charge is 0.256 e. The van der Waals surface area contributed by atoms with E-state index in [2.05, 4.69) is 20.6 Å². The van der Waals surface area contributed by atoms with Gasteiger partial charge in [-0.2, -0.15) is 0 Å². The van der Waals surface area contributed by atoms with Crippen molar-refractivity contribution in [2.75, 3.05) is 37.6 Å². The molecule has 1 aliphatic heterocycles. The molecule has 14 heteroatoms. The minimum Gasteiger partial charge on any atom is -0.779 e. The van der Waals surface area contributed by atoms with Crippen LogP contribution in [0.3, 0.4) is 0 Å². The number of methoxy groups -OCH3 is 1. The summed E-state index contributed by atoms with van der Waals surface area (Å²) in [5, 5.41) is 6.16. The molecule has 2 N–H and O–H groups in total. The summed E-state index contributed by atoms with van der Waals surface area (Å²) in [5.41, 5.74) is 1.27. The van der Waals surface area contributed by atoms with E-state index in [0.29, 0.717) is 42.1 Å². The summed E-state index contributed by atoms with van der Waals surface area (Å²) in [5.74, 6) is 0.370. The number of imidazole rings is 1. The van der Waals surface area contributed by atoms with Crippen molar-refractivity contribution in [1.29, 1.82) is 0 Å². The molecule has 40 heavy (non-hydrogen) atoms. The molecule has 216 valence electrons. The van der Waals surface area contributed by atoms with Gasteiger partial charge in [0, 0.05) is 38.7 Å². The summed E-state index contributed by atoms with van der Waals surface area (Å²) in [6, 6.07) is 8.77. The van der Waals surface area contributed by atoms with Gasteiger partial charge in [-0.1, -0.05) is 31.0 Å². The number of aldehydes is 1. The second-order valence-corrected chi connectivity index (χ2v) is 11.3. The quantitative estimate of drug-likeness (QED) is 0.156. The van der Waals surface area contributed by atoms with Gasteiger partial charge in [0.05, 0.1) is 12.7 Å². The lowest BCUT2D eigenvalue weighted by molar-refractivity contribution is -0.200. The molecule has 2 unspecified atom stereocenters. The van der Waals surface area contributed by atoms with Crippen molar-refractivity contribution >= 4 is 42.7 Å². The Morgan fingerprint density at radius 2 is 2.00 bits per heavy atom. The Labute approximate surface area is 232 Å². The van der Waals surface area contributed by atoms with Gasteiger partial charge < -0.3 is 38.9 Å². The van der Waals surface area contributed by atoms with E-state index >= 15 is 0 Å². The topological polar surface area (TPSA) is 170 Å². The van der Waals surface area contributed by atoms with Crippen molar-refractivity contribution in [3.63, 3.8) is 0 Å². The van der Waals surface area contributed by atoms with Gasteiger partial charge in [-0.05, 0) is 25.0 Å². The first kappa shape index (κ1) is 29.8. The van der Waals surface area contributed by atoms with Gasteiger partial charge in [0.25, 0.3) is 5.91 Å². The number of nitrogens with one attached hydrogen (secondary N) is 2. The molecule has 1 fully saturated rings. The number of rotatable bonds is 15. The first-order valence-electron chi connectivity index (χ1n) is 13.2. The number of hydrogen-bond acceptors (Lipinski definition) is 11. The number of amides is 1. The van der Waals surface area contributed by atoms with E-state index in [4.69, 9.17) is 19.0 Å². The highest BCUT2D eigenvalue weighted by molar-refractivity contribution is 7.50. The number of ether oxygens (including phenoxy) is 2. The van der Waals surface area contributed by atoms with E-state index in [0.717, 1.165) is 38.6 Å². The van der Waals surface area contributed by atoms with E-state index in [-0.39, 0.29) is 18.3 Å². The zero-order valence-electron chi connectivity index (χ0n) is 22.5. The molecule has 4 atom stereocenters. The van der Waals surface area contributed by atoms with Crippen LogP contribution in [0, 0.1) is 0 Å². The maximum Gasteiger partial charge on any atom is 0.256 e. The van der Waals surface area contributed by atoms with Crippen LogP contribution in [0.2, 0.25) is 0 Å². The maximum absolute atomic E-state index is 12.9. The summed E-state index contributed by atoms with van der Waals surface area (Å²) in [6.45, 7) is 1.43. The summed E-state index contributed by atoms with van der Waals surface area (Å²) in [6.07, 6.45) is 5.14. The number of unbranched alkanes of at least 4 members (excludes halogenated alkanes) is 4. The second kappa shape index (κ2) is 13.9. The van der Waals surface area contributed by atoms with Crippen molar-refractivity contribution in [3.05, 3.63) is 42.2 Å². The predicted octanol–water partition coefficient (Wildman–Crippen LogP) is 3.14. The summed E-state index contributed by atoms with van der Waals surface area (Å²) >= 11 is 0. The highest BCUT2D eigenvalue weighted by Crippen LogP contribution is 2.39. The Bertz CT molecular complexity index is 1330. The summed E-state index contributed by atoms with van der Waals surface area (Å²) in [7, 11) is -2.43. The van der Waals surface area contributed by atoms with Crippen molar-refractivity contribution in [2.45, 2.75) is 57.0 Å². The number of fused-ring (bicyclic) bond motifs is 1. The van der Waals surface area contributed by atoms with Gasteiger partial charge in [-0.25, -0.2) is 15.0 Å². The Balaban J connectivity index is 1.60. The van der Waals surface area contributed by atoms with Crippen LogP contribution in [0.15, 0.2) is 36.7 Å². The number of carbonyl (C=O) groups is 2. The van der Waals surface area contributed by atoms with Crippen molar-refractivity contribution in [2.24, 2.45) is 0 Å². The average molecular weight is 574 g/mol. The zero-order chi connectivity index (χ0) is 28.5. The third-order valence-electron chi connectivity index (χ3n) is 6.52. The minimum atomic E-state index is -3.96. The average Bonchev–Trinajstić information content (AvgIpc) is 3.52. The molecule has 1 aliphatic rings. The normalized spacial score (nSPS) is 20.3. The standard InChI is InChI=1S/C26H35N6O7P/c1-37-19-15-21(39-20(19)16-38-40(2,35)36)32-24-22(30-26(32)27-13-9-4-3-5-10-14-33)23(28-17-29-24)31-25(34)18-11-7-6-8-12-18/h6-8,11-12,14,17,19-21H,3-5,9-10,13,15-16H2,1-2H3,(H,27,30)(H,35,36)(H,28,29,31,34)/p-1/t19?,20-,21-/m1/s1. The third kappa shape index (κ3) is 7.70. The first-order valence-corrected chi connectivity index (χ1v) is 15.2. The molecule has 13 nitrogen and oxygen atoms in total. The van der Waals surface area contributed by atoms with Gasteiger partial charge in [-0.15, -0.1) is 0 Å². The van der Waals surface area contributed by atoms with Crippen LogP contribution in [0.4, 0.5) is 11.8 Å². The maximum atomic E-state index is 12.9. The monoisotopic (exact) mass is 573 g/mol. The van der Waals surface area contributed by atoms with Crippen LogP contribution < -0.4 is 15.5 Å². The van der Waals surface area contributed by atoms with Crippen molar-refractivity contribution < 1.29 is 33.0 Å². The number of carbonyl (C=O) groups excluding carboxylic acids is 2. The van der Waals surface area contributed by atoms with Gasteiger partial charge >= 0.3 is 0 Å². The molecule has 0 spiro atoms. The number of aromatic nitrogens is 4. The van der Waals surface area contributed by atoms with Gasteiger partial charge in [0.1, 0.15) is 32.5 Å². The zero-order valence-corrected chi connectivity index (χ0v) is 23.4. The van der Waals surface area contributed by atoms with Gasteiger partial charge in [0.15, 0.2) is 17.0 Å². The SMILES string of the molecule is COC1C[C@H](n2c(NCCCCCCC=O)nc3c(NC(=O)c4ccccc4)ncnc32)O[C@@H]1COP(C)(=O)[O-]. The molecule has 0 saturated carbocycles. The Hall–Kier alpha value is -3.22. The molecule has 1 aromatic carbocycles. The molecule has 3 heterocycles. The Morgan fingerprint density at radius 1 is 1.23 bits per heavy atom. The molecule has 3 aromatic rings. The van der Waals surface area contributed by atoms with E-state index in [9.17, 15) is 19.0 Å². The fraction of sp³-hybridized carbons (Fsp3) is 0.500. The number of hydrogen-bond donors (Lipinski definition) is 2. The van der Waals surface area contributed by atoms with Crippen molar-refractivity contribution in [3.8, 4) is 0 Å². The highest BCUT2D eigenvalue weighted by atomic mass is 31.2. The van der Waals surface area contributed by atoms with E-state index in [1.54, 1.807) is 28.8 Å². The number of anilines is 2. The van der Waals surface area contributed by atoms with Crippen LogP contribution in [-0.2, 0) is 23.4 Å². The molecule has 0 aliphatic carbocycles.